The third-order valence-electron chi connectivity index (χ3n) is 1.85. The third kappa shape index (κ3) is 1.55. The first-order valence-electron chi connectivity index (χ1n) is 4.05. The summed E-state index contributed by atoms with van der Waals surface area (Å²) in [5, 5.41) is 1.80. The molecule has 2 aromatic rings. The van der Waals surface area contributed by atoms with Crippen molar-refractivity contribution in [3.05, 3.63) is 36.0 Å². The quantitative estimate of drug-likeness (QED) is 0.751. The van der Waals surface area contributed by atoms with Crippen LogP contribution in [-0.4, -0.2) is 4.98 Å². The van der Waals surface area contributed by atoms with Gasteiger partial charge in [-0.1, -0.05) is 41.7 Å². The highest BCUT2D eigenvalue weighted by atomic mass is 32.1. The summed E-state index contributed by atoms with van der Waals surface area (Å²) in [6, 6.07) is 10.1. The summed E-state index contributed by atoms with van der Waals surface area (Å²) in [5.41, 5.74) is 7.79. The predicted octanol–water partition coefficient (Wildman–Crippen LogP) is 2.70. The first-order chi connectivity index (χ1) is 6.27. The molecule has 1 aromatic carbocycles. The molecule has 0 atom stereocenters. The minimum Gasteiger partial charge on any atom is -0.389 e. The Balaban J connectivity index is 2.48. The Kier molecular flexibility index (Phi) is 2.02. The van der Waals surface area contributed by atoms with E-state index in [1.807, 2.05) is 37.3 Å². The maximum absolute atomic E-state index is 5.73. The molecule has 0 radical (unpaired) electrons. The molecule has 13 heavy (non-hydrogen) atoms. The largest absolute Gasteiger partial charge is 0.389 e. The molecule has 0 spiro atoms. The number of hydrogen-bond donors (Lipinski definition) is 1. The highest BCUT2D eigenvalue weighted by Crippen LogP contribution is 2.28. The molecular weight excluding hydrogens is 180 g/mol. The molecule has 1 heterocycles. The fraction of sp³-hybridized carbons (Fsp3) is 0.100. The van der Waals surface area contributed by atoms with Gasteiger partial charge in [0.2, 0.25) is 0 Å². The maximum atomic E-state index is 5.73. The lowest BCUT2D eigenvalue weighted by molar-refractivity contribution is 1.27. The van der Waals surface area contributed by atoms with Gasteiger partial charge in [0.25, 0.3) is 0 Å². The van der Waals surface area contributed by atoms with E-state index in [0.717, 1.165) is 21.3 Å². The smallest absolute Gasteiger partial charge is 0.125 e. The number of rotatable bonds is 1. The van der Waals surface area contributed by atoms with Crippen LogP contribution in [0.3, 0.4) is 0 Å². The molecular formula is C10H10N2S. The van der Waals surface area contributed by atoms with Crippen molar-refractivity contribution in [2.75, 3.05) is 5.73 Å². The summed E-state index contributed by atoms with van der Waals surface area (Å²) in [6.07, 6.45) is 0. The number of hydrogen-bond acceptors (Lipinski definition) is 3. The lowest BCUT2D eigenvalue weighted by Crippen LogP contribution is -1.81. The van der Waals surface area contributed by atoms with Crippen molar-refractivity contribution in [1.82, 2.24) is 4.98 Å². The van der Waals surface area contributed by atoms with Crippen LogP contribution >= 0.6 is 11.3 Å². The van der Waals surface area contributed by atoms with E-state index in [2.05, 4.69) is 4.98 Å². The molecule has 0 fully saturated rings. The van der Waals surface area contributed by atoms with Gasteiger partial charge in [0, 0.05) is 5.56 Å². The van der Waals surface area contributed by atoms with E-state index in [9.17, 15) is 0 Å². The second-order valence-corrected chi connectivity index (χ2v) is 3.87. The molecule has 0 saturated heterocycles. The normalized spacial score (nSPS) is 10.2. The second-order valence-electron chi connectivity index (χ2n) is 2.83. The lowest BCUT2D eigenvalue weighted by Gasteiger charge is -1.92. The highest BCUT2D eigenvalue weighted by Gasteiger charge is 2.05. The SMILES string of the molecule is Cc1nc(-c2ccccc2)sc1N. The molecule has 1 aromatic heterocycles. The van der Waals surface area contributed by atoms with Crippen LogP contribution in [-0.2, 0) is 0 Å². The zero-order valence-corrected chi connectivity index (χ0v) is 8.14. The molecule has 0 aliphatic carbocycles. The zero-order valence-electron chi connectivity index (χ0n) is 7.32. The Morgan fingerprint density at radius 3 is 2.46 bits per heavy atom. The fourth-order valence-corrected chi connectivity index (χ4v) is 1.95. The highest BCUT2D eigenvalue weighted by molar-refractivity contribution is 7.18. The second kappa shape index (κ2) is 3.18. The van der Waals surface area contributed by atoms with Crippen LogP contribution in [0.2, 0.25) is 0 Å². The van der Waals surface area contributed by atoms with Crippen molar-refractivity contribution in [2.45, 2.75) is 6.92 Å². The summed E-state index contributed by atoms with van der Waals surface area (Å²) < 4.78 is 0. The standard InChI is InChI=1S/C10H10N2S/c1-7-9(11)13-10(12-7)8-5-3-2-4-6-8/h2-6H,11H2,1H3. The monoisotopic (exact) mass is 190 g/mol. The number of aromatic nitrogens is 1. The molecule has 2 nitrogen and oxygen atoms in total. The number of benzene rings is 1. The van der Waals surface area contributed by atoms with Crippen molar-refractivity contribution < 1.29 is 0 Å². The number of nitrogens with two attached hydrogens (primary N) is 1. The van der Waals surface area contributed by atoms with Gasteiger partial charge in [-0.25, -0.2) is 4.98 Å². The number of nitrogen functional groups attached to an aromatic ring is 1. The molecule has 0 aliphatic heterocycles. The van der Waals surface area contributed by atoms with Crippen molar-refractivity contribution >= 4 is 16.3 Å². The van der Waals surface area contributed by atoms with Crippen LogP contribution in [0, 0.1) is 6.92 Å². The van der Waals surface area contributed by atoms with Crippen molar-refractivity contribution in [2.24, 2.45) is 0 Å². The van der Waals surface area contributed by atoms with Crippen molar-refractivity contribution in [1.29, 1.82) is 0 Å². The number of aryl methyl sites for hydroxylation is 1. The van der Waals surface area contributed by atoms with E-state index in [1.165, 1.54) is 11.3 Å². The Morgan fingerprint density at radius 1 is 1.23 bits per heavy atom. The Hall–Kier alpha value is -1.35. The van der Waals surface area contributed by atoms with Crippen molar-refractivity contribution in [3.63, 3.8) is 0 Å². The average Bonchev–Trinajstić information content (AvgIpc) is 2.49. The fourth-order valence-electron chi connectivity index (χ4n) is 1.11. The van der Waals surface area contributed by atoms with Gasteiger partial charge < -0.3 is 5.73 Å². The third-order valence-corrected chi connectivity index (χ3v) is 2.89. The summed E-state index contributed by atoms with van der Waals surface area (Å²) in [6.45, 7) is 1.93. The molecule has 0 saturated carbocycles. The number of thiazole rings is 1. The lowest BCUT2D eigenvalue weighted by atomic mass is 10.2. The van der Waals surface area contributed by atoms with Gasteiger partial charge in [-0.05, 0) is 6.92 Å². The topological polar surface area (TPSA) is 38.9 Å². The maximum Gasteiger partial charge on any atom is 0.125 e. The van der Waals surface area contributed by atoms with E-state index in [-0.39, 0.29) is 0 Å². The van der Waals surface area contributed by atoms with Crippen LogP contribution in [0.15, 0.2) is 30.3 Å². The van der Waals surface area contributed by atoms with Gasteiger partial charge in [0.1, 0.15) is 10.0 Å². The number of nitrogens with zero attached hydrogens (tertiary/aromatic N) is 1. The molecule has 2 rings (SSSR count). The molecule has 2 N–H and O–H groups in total. The summed E-state index contributed by atoms with van der Waals surface area (Å²) in [7, 11) is 0. The Bertz CT molecular complexity index is 387. The van der Waals surface area contributed by atoms with Gasteiger partial charge >= 0.3 is 0 Å². The summed E-state index contributed by atoms with van der Waals surface area (Å²) in [4.78, 5) is 4.37. The Morgan fingerprint density at radius 2 is 1.92 bits per heavy atom. The molecule has 3 heteroatoms. The molecule has 0 aliphatic rings. The van der Waals surface area contributed by atoms with E-state index in [0.29, 0.717) is 0 Å². The van der Waals surface area contributed by atoms with Crippen LogP contribution < -0.4 is 5.73 Å². The van der Waals surface area contributed by atoms with E-state index >= 15 is 0 Å². The van der Waals surface area contributed by atoms with E-state index < -0.39 is 0 Å². The van der Waals surface area contributed by atoms with Gasteiger partial charge in [0.05, 0.1) is 5.69 Å². The van der Waals surface area contributed by atoms with Crippen LogP contribution in [0.1, 0.15) is 5.69 Å². The molecule has 0 bridgehead atoms. The van der Waals surface area contributed by atoms with Gasteiger partial charge in [-0.15, -0.1) is 0 Å². The van der Waals surface area contributed by atoms with Crippen LogP contribution in [0.4, 0.5) is 5.00 Å². The summed E-state index contributed by atoms with van der Waals surface area (Å²) >= 11 is 1.53. The predicted molar refractivity (Wildman–Crippen MR) is 56.7 cm³/mol. The van der Waals surface area contributed by atoms with Gasteiger partial charge in [0.15, 0.2) is 0 Å². The zero-order chi connectivity index (χ0) is 9.26. The molecule has 0 unspecified atom stereocenters. The van der Waals surface area contributed by atoms with E-state index in [1.54, 1.807) is 0 Å². The van der Waals surface area contributed by atoms with Crippen LogP contribution in [0.5, 0.6) is 0 Å². The Labute approximate surface area is 81.1 Å². The van der Waals surface area contributed by atoms with Gasteiger partial charge in [-0.3, -0.25) is 0 Å². The molecule has 66 valence electrons. The average molecular weight is 190 g/mol. The van der Waals surface area contributed by atoms with E-state index in [4.69, 9.17) is 5.73 Å². The summed E-state index contributed by atoms with van der Waals surface area (Å²) in [5.74, 6) is 0. The molecule has 0 amide bonds. The first-order valence-corrected chi connectivity index (χ1v) is 4.87. The first kappa shape index (κ1) is 8.26. The van der Waals surface area contributed by atoms with Crippen LogP contribution in [0.25, 0.3) is 10.6 Å². The van der Waals surface area contributed by atoms with Crippen molar-refractivity contribution in [3.8, 4) is 10.6 Å². The minimum atomic E-state index is 0.804. The minimum absolute atomic E-state index is 0.804. The van der Waals surface area contributed by atoms with Gasteiger partial charge in [-0.2, -0.15) is 0 Å². The number of anilines is 1.